The lowest BCUT2D eigenvalue weighted by atomic mass is 9.89. The van der Waals surface area contributed by atoms with Gasteiger partial charge in [0.15, 0.2) is 0 Å². The number of amides is 2. The average molecular weight is 332 g/mol. The standard InChI is InChI=1S/C18H28N4O2/c1-11-6-4-5-9-22(11)18(24)12(2)19-17(23)14-7-8-15-16(10-14)21-13(3)20-15/h11-12,14H,4-10H2,1-3H3,(H,19,23)(H,20,21). The van der Waals surface area contributed by atoms with Gasteiger partial charge in [-0.2, -0.15) is 0 Å². The molecule has 0 spiro atoms. The Hall–Kier alpha value is -1.85. The Bertz CT molecular complexity index is 625. The fourth-order valence-corrected chi connectivity index (χ4v) is 3.91. The first kappa shape index (κ1) is 17.0. The third-order valence-electron chi connectivity index (χ3n) is 5.35. The number of aryl methyl sites for hydroxylation is 2. The molecule has 24 heavy (non-hydrogen) atoms. The van der Waals surface area contributed by atoms with Crippen molar-refractivity contribution in [1.82, 2.24) is 20.2 Å². The molecule has 132 valence electrons. The van der Waals surface area contributed by atoms with Crippen LogP contribution in [0.3, 0.4) is 0 Å². The number of fused-ring (bicyclic) bond motifs is 1. The molecule has 6 nitrogen and oxygen atoms in total. The number of rotatable bonds is 3. The summed E-state index contributed by atoms with van der Waals surface area (Å²) >= 11 is 0. The molecule has 0 bridgehead atoms. The molecule has 3 unspecified atom stereocenters. The van der Waals surface area contributed by atoms with E-state index in [0.29, 0.717) is 6.42 Å². The van der Waals surface area contributed by atoms with E-state index in [2.05, 4.69) is 22.2 Å². The van der Waals surface area contributed by atoms with E-state index in [9.17, 15) is 9.59 Å². The Morgan fingerprint density at radius 2 is 2.12 bits per heavy atom. The molecule has 1 aromatic heterocycles. The second kappa shape index (κ2) is 6.95. The van der Waals surface area contributed by atoms with Crippen LogP contribution < -0.4 is 5.32 Å². The predicted molar refractivity (Wildman–Crippen MR) is 91.5 cm³/mol. The van der Waals surface area contributed by atoms with E-state index in [1.54, 1.807) is 6.92 Å². The number of aromatic amines is 1. The fourth-order valence-electron chi connectivity index (χ4n) is 3.91. The highest BCUT2D eigenvalue weighted by atomic mass is 16.2. The smallest absolute Gasteiger partial charge is 0.245 e. The number of carbonyl (C=O) groups is 2. The van der Waals surface area contributed by atoms with Crippen molar-refractivity contribution in [3.63, 3.8) is 0 Å². The summed E-state index contributed by atoms with van der Waals surface area (Å²) in [5, 5.41) is 2.94. The van der Waals surface area contributed by atoms with Crippen molar-refractivity contribution >= 4 is 11.8 Å². The first-order valence-electron chi connectivity index (χ1n) is 9.11. The SMILES string of the molecule is Cc1nc2c([nH]1)CC(C(=O)NC(C)C(=O)N1CCCCC1C)CC2. The molecule has 6 heteroatoms. The lowest BCUT2D eigenvalue weighted by Crippen LogP contribution is -2.52. The molecule has 1 aliphatic heterocycles. The lowest BCUT2D eigenvalue weighted by molar-refractivity contribution is -0.139. The van der Waals surface area contributed by atoms with Gasteiger partial charge < -0.3 is 15.2 Å². The van der Waals surface area contributed by atoms with Crippen LogP contribution in [-0.4, -0.2) is 45.3 Å². The second-order valence-corrected chi connectivity index (χ2v) is 7.29. The molecule has 2 aliphatic rings. The maximum atomic E-state index is 12.6. The van der Waals surface area contributed by atoms with Gasteiger partial charge in [0.25, 0.3) is 0 Å². The lowest BCUT2D eigenvalue weighted by Gasteiger charge is -2.35. The van der Waals surface area contributed by atoms with Crippen LogP contribution in [0.5, 0.6) is 0 Å². The number of nitrogens with zero attached hydrogens (tertiary/aromatic N) is 2. The summed E-state index contributed by atoms with van der Waals surface area (Å²) in [5.41, 5.74) is 2.16. The van der Waals surface area contributed by atoms with E-state index in [4.69, 9.17) is 0 Å². The van der Waals surface area contributed by atoms with Gasteiger partial charge in [-0.1, -0.05) is 0 Å². The molecule has 2 N–H and O–H groups in total. The summed E-state index contributed by atoms with van der Waals surface area (Å²) in [5.74, 6) is 0.859. The summed E-state index contributed by atoms with van der Waals surface area (Å²) in [6, 6.07) is -0.182. The number of nitrogens with one attached hydrogen (secondary N) is 2. The van der Waals surface area contributed by atoms with Gasteiger partial charge >= 0.3 is 0 Å². The van der Waals surface area contributed by atoms with Crippen LogP contribution in [0.25, 0.3) is 0 Å². The molecule has 0 saturated carbocycles. The zero-order valence-electron chi connectivity index (χ0n) is 14.9. The van der Waals surface area contributed by atoms with Gasteiger partial charge in [0.05, 0.1) is 5.69 Å². The minimum atomic E-state index is -0.456. The highest BCUT2D eigenvalue weighted by molar-refractivity contribution is 5.88. The third kappa shape index (κ3) is 3.47. The third-order valence-corrected chi connectivity index (χ3v) is 5.35. The number of aromatic nitrogens is 2. The van der Waals surface area contributed by atoms with Crippen LogP contribution in [0.15, 0.2) is 0 Å². The molecule has 1 fully saturated rings. The quantitative estimate of drug-likeness (QED) is 0.885. The van der Waals surface area contributed by atoms with Gasteiger partial charge in [-0.15, -0.1) is 0 Å². The largest absolute Gasteiger partial charge is 0.346 e. The van der Waals surface area contributed by atoms with Crippen molar-refractivity contribution < 1.29 is 9.59 Å². The highest BCUT2D eigenvalue weighted by Gasteiger charge is 2.31. The normalized spacial score (nSPS) is 25.0. The van der Waals surface area contributed by atoms with E-state index in [1.807, 2.05) is 11.8 Å². The number of carbonyl (C=O) groups excluding carboxylic acids is 2. The highest BCUT2D eigenvalue weighted by Crippen LogP contribution is 2.24. The van der Waals surface area contributed by atoms with Gasteiger partial charge in [0.1, 0.15) is 11.9 Å². The minimum Gasteiger partial charge on any atom is -0.346 e. The van der Waals surface area contributed by atoms with E-state index in [1.165, 1.54) is 6.42 Å². The van der Waals surface area contributed by atoms with E-state index in [-0.39, 0.29) is 23.8 Å². The Morgan fingerprint density at radius 3 is 2.88 bits per heavy atom. The molecule has 0 radical (unpaired) electrons. The number of piperidine rings is 1. The average Bonchev–Trinajstić information content (AvgIpc) is 2.93. The maximum absolute atomic E-state index is 12.6. The maximum Gasteiger partial charge on any atom is 0.245 e. The van der Waals surface area contributed by atoms with Crippen LogP contribution >= 0.6 is 0 Å². The molecule has 2 heterocycles. The van der Waals surface area contributed by atoms with E-state index < -0.39 is 6.04 Å². The van der Waals surface area contributed by atoms with Crippen LogP contribution in [0.2, 0.25) is 0 Å². The summed E-state index contributed by atoms with van der Waals surface area (Å²) < 4.78 is 0. The van der Waals surface area contributed by atoms with Crippen molar-refractivity contribution in [2.45, 2.75) is 71.4 Å². The van der Waals surface area contributed by atoms with Crippen molar-refractivity contribution in [3.8, 4) is 0 Å². The Kier molecular flexibility index (Phi) is 4.92. The summed E-state index contributed by atoms with van der Waals surface area (Å²) in [6.45, 7) is 6.64. The number of H-pyrrole nitrogens is 1. The van der Waals surface area contributed by atoms with Crippen molar-refractivity contribution in [1.29, 1.82) is 0 Å². The van der Waals surface area contributed by atoms with Gasteiger partial charge in [-0.05, 0) is 52.9 Å². The molecule has 1 aliphatic carbocycles. The first-order valence-corrected chi connectivity index (χ1v) is 9.11. The van der Waals surface area contributed by atoms with Gasteiger partial charge in [-0.25, -0.2) is 4.98 Å². The molecule has 1 aromatic rings. The van der Waals surface area contributed by atoms with Crippen LogP contribution in [0.4, 0.5) is 0 Å². The molecule has 3 rings (SSSR count). The molecule has 0 aromatic carbocycles. The van der Waals surface area contributed by atoms with Gasteiger partial charge in [-0.3, -0.25) is 9.59 Å². The number of imidazole rings is 1. The minimum absolute atomic E-state index is 0.0154. The molecule has 2 amide bonds. The van der Waals surface area contributed by atoms with Gasteiger partial charge in [0.2, 0.25) is 11.8 Å². The first-order chi connectivity index (χ1) is 11.5. The fraction of sp³-hybridized carbons (Fsp3) is 0.722. The second-order valence-electron chi connectivity index (χ2n) is 7.29. The van der Waals surface area contributed by atoms with Crippen LogP contribution in [0, 0.1) is 12.8 Å². The topological polar surface area (TPSA) is 78.1 Å². The zero-order chi connectivity index (χ0) is 17.3. The van der Waals surface area contributed by atoms with Crippen molar-refractivity contribution in [3.05, 3.63) is 17.2 Å². The molecular formula is C18H28N4O2. The zero-order valence-corrected chi connectivity index (χ0v) is 14.9. The van der Waals surface area contributed by atoms with Crippen LogP contribution in [-0.2, 0) is 22.4 Å². The summed E-state index contributed by atoms with van der Waals surface area (Å²) in [4.78, 5) is 34.8. The Balaban J connectivity index is 1.57. The van der Waals surface area contributed by atoms with Crippen molar-refractivity contribution in [2.75, 3.05) is 6.54 Å². The van der Waals surface area contributed by atoms with Crippen molar-refractivity contribution in [2.24, 2.45) is 5.92 Å². The molecular weight excluding hydrogens is 304 g/mol. The van der Waals surface area contributed by atoms with Gasteiger partial charge in [0, 0.05) is 30.6 Å². The number of hydrogen-bond donors (Lipinski definition) is 2. The Labute approximate surface area is 143 Å². The predicted octanol–water partition coefficient (Wildman–Crippen LogP) is 1.73. The van der Waals surface area contributed by atoms with Crippen LogP contribution in [0.1, 0.15) is 56.7 Å². The monoisotopic (exact) mass is 332 g/mol. The number of hydrogen-bond acceptors (Lipinski definition) is 3. The summed E-state index contributed by atoms with van der Waals surface area (Å²) in [6.07, 6.45) is 5.59. The molecule has 1 saturated heterocycles. The number of likely N-dealkylation sites (tertiary alicyclic amines) is 1. The van der Waals surface area contributed by atoms with E-state index >= 15 is 0 Å². The van der Waals surface area contributed by atoms with E-state index in [0.717, 1.165) is 49.4 Å². The molecule has 3 atom stereocenters. The Morgan fingerprint density at radius 1 is 1.33 bits per heavy atom. The summed E-state index contributed by atoms with van der Waals surface area (Å²) in [7, 11) is 0.